The van der Waals surface area contributed by atoms with Gasteiger partial charge < -0.3 is 8.99 Å². The van der Waals surface area contributed by atoms with Crippen LogP contribution in [0.15, 0.2) is 22.8 Å². The molecule has 2 aromatic rings. The predicted molar refractivity (Wildman–Crippen MR) is 114 cm³/mol. The fraction of sp³-hybridized carbons (Fsp3) is 0.571. The molecule has 0 saturated heterocycles. The number of halogens is 1. The second kappa shape index (κ2) is 6.81. The van der Waals surface area contributed by atoms with Crippen LogP contribution < -0.4 is 0 Å². The molecule has 26 heavy (non-hydrogen) atoms. The summed E-state index contributed by atoms with van der Waals surface area (Å²) in [6.07, 6.45) is 5.89. The highest BCUT2D eigenvalue weighted by molar-refractivity contribution is 9.10. The third-order valence-corrected chi connectivity index (χ3v) is 11.4. The van der Waals surface area contributed by atoms with Gasteiger partial charge in [0.15, 0.2) is 8.32 Å². The Balaban J connectivity index is 1.86. The first kappa shape index (κ1) is 19.7. The molecule has 1 aliphatic rings. The highest BCUT2D eigenvalue weighted by Gasteiger charge is 2.41. The minimum atomic E-state index is -1.72. The van der Waals surface area contributed by atoms with E-state index in [1.807, 2.05) is 13.0 Å². The van der Waals surface area contributed by atoms with Crippen molar-refractivity contribution in [3.63, 3.8) is 0 Å². The Morgan fingerprint density at radius 3 is 2.58 bits per heavy atom. The minimum Gasteiger partial charge on any atom is -0.414 e. The van der Waals surface area contributed by atoms with E-state index in [4.69, 9.17) is 4.43 Å². The molecule has 140 valence electrons. The zero-order valence-corrected chi connectivity index (χ0v) is 19.3. The number of rotatable bonds is 3. The Kier molecular flexibility index (Phi) is 5.15. The Hall–Kier alpha value is -1.09. The van der Waals surface area contributed by atoms with Crippen LogP contribution in [0.3, 0.4) is 0 Å². The molecule has 0 amide bonds. The molecule has 3 rings (SSSR count). The standard InChI is InChI=1S/C21H29BrN2OSi/c1-14-9-20-18(10-15(14)12-23)19(22)13-24(20)16-7-8-17(11-16)25-26(5,6)21(2,3)4/h9-10,13,16-17H,7-8,11H2,1-6H3. The van der Waals surface area contributed by atoms with Crippen LogP contribution in [0.2, 0.25) is 18.1 Å². The third-order valence-electron chi connectivity index (χ3n) is 6.27. The van der Waals surface area contributed by atoms with Gasteiger partial charge in [-0.05, 0) is 77.9 Å². The summed E-state index contributed by atoms with van der Waals surface area (Å²) in [5.74, 6) is 0. The highest BCUT2D eigenvalue weighted by atomic mass is 79.9. The molecule has 1 aromatic carbocycles. The number of aromatic nitrogens is 1. The van der Waals surface area contributed by atoms with Crippen molar-refractivity contribution < 1.29 is 4.43 Å². The van der Waals surface area contributed by atoms with Gasteiger partial charge >= 0.3 is 0 Å². The van der Waals surface area contributed by atoms with Crippen LogP contribution >= 0.6 is 15.9 Å². The van der Waals surface area contributed by atoms with Crippen LogP contribution in [-0.2, 0) is 4.43 Å². The second-order valence-electron chi connectivity index (χ2n) is 9.15. The molecule has 1 heterocycles. The van der Waals surface area contributed by atoms with Crippen LogP contribution in [0.25, 0.3) is 10.9 Å². The van der Waals surface area contributed by atoms with Crippen molar-refractivity contribution in [3.05, 3.63) is 33.9 Å². The average Bonchev–Trinajstić information content (AvgIpc) is 3.10. The van der Waals surface area contributed by atoms with Gasteiger partial charge in [0.1, 0.15) is 0 Å². The number of hydrogen-bond acceptors (Lipinski definition) is 2. The highest BCUT2D eigenvalue weighted by Crippen LogP contribution is 2.43. The smallest absolute Gasteiger partial charge is 0.192 e. The first-order chi connectivity index (χ1) is 12.0. The van der Waals surface area contributed by atoms with Crippen molar-refractivity contribution in [2.75, 3.05) is 0 Å². The molecular weight excluding hydrogens is 404 g/mol. The molecule has 1 saturated carbocycles. The largest absolute Gasteiger partial charge is 0.414 e. The fourth-order valence-corrected chi connectivity index (χ4v) is 5.59. The fourth-order valence-electron chi connectivity index (χ4n) is 3.65. The Bertz CT molecular complexity index is 873. The minimum absolute atomic E-state index is 0.249. The number of benzene rings is 1. The van der Waals surface area contributed by atoms with E-state index in [1.54, 1.807) is 0 Å². The molecule has 0 aliphatic heterocycles. The maximum atomic E-state index is 9.31. The van der Waals surface area contributed by atoms with Gasteiger partial charge in [0.2, 0.25) is 0 Å². The number of hydrogen-bond donors (Lipinski definition) is 0. The topological polar surface area (TPSA) is 38.0 Å². The van der Waals surface area contributed by atoms with Crippen LogP contribution in [0.4, 0.5) is 0 Å². The van der Waals surface area contributed by atoms with Crippen molar-refractivity contribution in [2.45, 2.75) is 77.2 Å². The van der Waals surface area contributed by atoms with Crippen molar-refractivity contribution in [2.24, 2.45) is 0 Å². The van der Waals surface area contributed by atoms with Crippen molar-refractivity contribution in [3.8, 4) is 6.07 Å². The summed E-state index contributed by atoms with van der Waals surface area (Å²) in [5, 5.41) is 10.7. The first-order valence-electron chi connectivity index (χ1n) is 9.42. The molecule has 0 radical (unpaired) electrons. The van der Waals surface area contributed by atoms with Gasteiger partial charge in [-0.15, -0.1) is 0 Å². The third kappa shape index (κ3) is 3.52. The number of aryl methyl sites for hydroxylation is 1. The zero-order chi connectivity index (χ0) is 19.3. The molecule has 2 unspecified atom stereocenters. The predicted octanol–water partition coefficient (Wildman–Crippen LogP) is 6.70. The van der Waals surface area contributed by atoms with E-state index in [0.29, 0.717) is 12.1 Å². The molecular formula is C21H29BrN2OSi. The van der Waals surface area contributed by atoms with E-state index >= 15 is 0 Å². The number of fused-ring (bicyclic) bond motifs is 1. The Morgan fingerprint density at radius 1 is 1.27 bits per heavy atom. The molecule has 0 spiro atoms. The van der Waals surface area contributed by atoms with Gasteiger partial charge in [0, 0.05) is 33.7 Å². The monoisotopic (exact) mass is 432 g/mol. The maximum absolute atomic E-state index is 9.31. The quantitative estimate of drug-likeness (QED) is 0.505. The van der Waals surface area contributed by atoms with Gasteiger partial charge in [0.25, 0.3) is 0 Å². The lowest BCUT2D eigenvalue weighted by molar-refractivity contribution is 0.183. The normalized spacial score (nSPS) is 21.3. The molecule has 1 fully saturated rings. The average molecular weight is 433 g/mol. The van der Waals surface area contributed by atoms with Crippen LogP contribution in [0.1, 0.15) is 57.2 Å². The Morgan fingerprint density at radius 2 is 1.96 bits per heavy atom. The molecule has 0 N–H and O–H groups in total. The van der Waals surface area contributed by atoms with E-state index in [0.717, 1.165) is 40.2 Å². The lowest BCUT2D eigenvalue weighted by atomic mass is 10.1. The van der Waals surface area contributed by atoms with E-state index in [9.17, 15) is 5.26 Å². The van der Waals surface area contributed by atoms with Crippen LogP contribution in [0.5, 0.6) is 0 Å². The van der Waals surface area contributed by atoms with E-state index in [-0.39, 0.29) is 5.04 Å². The van der Waals surface area contributed by atoms with E-state index in [1.165, 1.54) is 5.52 Å². The summed E-state index contributed by atoms with van der Waals surface area (Å²) in [5.41, 5.74) is 3.01. The zero-order valence-electron chi connectivity index (χ0n) is 16.7. The van der Waals surface area contributed by atoms with E-state index < -0.39 is 8.32 Å². The van der Waals surface area contributed by atoms with E-state index in [2.05, 4.69) is 72.7 Å². The molecule has 3 nitrogen and oxygen atoms in total. The molecule has 1 aromatic heterocycles. The summed E-state index contributed by atoms with van der Waals surface area (Å²) < 4.78 is 10.1. The summed E-state index contributed by atoms with van der Waals surface area (Å²) in [6.45, 7) is 13.6. The van der Waals surface area contributed by atoms with Gasteiger partial charge in [0.05, 0.1) is 11.6 Å². The maximum Gasteiger partial charge on any atom is 0.192 e. The molecule has 0 bridgehead atoms. The summed E-state index contributed by atoms with van der Waals surface area (Å²) in [4.78, 5) is 0. The van der Waals surface area contributed by atoms with Crippen LogP contribution in [-0.4, -0.2) is 19.0 Å². The van der Waals surface area contributed by atoms with Gasteiger partial charge in [-0.2, -0.15) is 5.26 Å². The Labute approximate surface area is 166 Å². The second-order valence-corrected chi connectivity index (χ2v) is 14.8. The van der Waals surface area contributed by atoms with Crippen LogP contribution in [0, 0.1) is 18.3 Å². The summed E-state index contributed by atoms with van der Waals surface area (Å²) >= 11 is 3.69. The number of nitrogens with zero attached hydrogens (tertiary/aromatic N) is 2. The molecule has 1 aliphatic carbocycles. The lowest BCUT2D eigenvalue weighted by Crippen LogP contribution is -2.43. The van der Waals surface area contributed by atoms with Crippen molar-refractivity contribution in [1.82, 2.24) is 4.57 Å². The van der Waals surface area contributed by atoms with Crippen molar-refractivity contribution >= 4 is 35.2 Å². The van der Waals surface area contributed by atoms with Gasteiger partial charge in [-0.1, -0.05) is 20.8 Å². The lowest BCUT2D eigenvalue weighted by Gasteiger charge is -2.38. The summed E-state index contributed by atoms with van der Waals surface area (Å²) in [7, 11) is -1.72. The van der Waals surface area contributed by atoms with Gasteiger partial charge in [-0.25, -0.2) is 0 Å². The first-order valence-corrected chi connectivity index (χ1v) is 13.1. The molecule has 2 atom stereocenters. The van der Waals surface area contributed by atoms with Gasteiger partial charge in [-0.3, -0.25) is 0 Å². The summed E-state index contributed by atoms with van der Waals surface area (Å²) in [6, 6.07) is 6.92. The van der Waals surface area contributed by atoms with Crippen molar-refractivity contribution in [1.29, 1.82) is 5.26 Å². The molecule has 5 heteroatoms. The SMILES string of the molecule is Cc1cc2c(cc1C#N)c(Br)cn2C1CCC(O[Si](C)(C)C(C)(C)C)C1. The number of nitriles is 1.